The quantitative estimate of drug-likeness (QED) is 0.553. The second-order valence-electron chi connectivity index (χ2n) is 9.01. The van der Waals surface area contributed by atoms with E-state index in [9.17, 15) is 9.59 Å². The summed E-state index contributed by atoms with van der Waals surface area (Å²) in [6.07, 6.45) is 7.05. The summed E-state index contributed by atoms with van der Waals surface area (Å²) in [5.74, 6) is 0.191. The van der Waals surface area contributed by atoms with Crippen LogP contribution in [0.4, 0.5) is 10.6 Å². The van der Waals surface area contributed by atoms with Crippen molar-refractivity contribution in [3.05, 3.63) is 78.1 Å². The Labute approximate surface area is 199 Å². The van der Waals surface area contributed by atoms with Crippen LogP contribution in [0.25, 0.3) is 11.3 Å². The summed E-state index contributed by atoms with van der Waals surface area (Å²) in [6.45, 7) is 2.56. The Kier molecular flexibility index (Phi) is 6.01. The van der Waals surface area contributed by atoms with Crippen molar-refractivity contribution in [3.63, 3.8) is 0 Å². The van der Waals surface area contributed by atoms with Gasteiger partial charge in [-0.15, -0.1) is 0 Å². The number of benzene rings is 2. The minimum atomic E-state index is -0.462. The van der Waals surface area contributed by atoms with Crippen molar-refractivity contribution >= 4 is 17.8 Å². The molecule has 1 aliphatic heterocycles. The number of carbonyl (C=O) groups is 2. The van der Waals surface area contributed by atoms with Crippen molar-refractivity contribution in [2.75, 3.05) is 11.9 Å². The van der Waals surface area contributed by atoms with E-state index in [0.29, 0.717) is 17.9 Å². The van der Waals surface area contributed by atoms with E-state index in [4.69, 9.17) is 4.74 Å². The molecule has 1 N–H and O–H groups in total. The standard InChI is InChI=1S/C27H28N4O3/c1-2-31(26(33)30-24-18-28-23(17-29-24)19-8-4-3-5-9-19)21-12-14-27(15-13-21)16-20-10-6-7-11-22(20)25(32)34-27/h3-11,17-18,21H,2,12-16H2,1H3,(H,29,30,33). The summed E-state index contributed by atoms with van der Waals surface area (Å²) in [5.41, 5.74) is 3.00. The topological polar surface area (TPSA) is 84.4 Å². The molecule has 2 aromatic carbocycles. The fourth-order valence-corrected chi connectivity index (χ4v) is 5.13. The average Bonchev–Trinajstić information content (AvgIpc) is 2.87. The van der Waals surface area contributed by atoms with Crippen LogP contribution in [0.3, 0.4) is 0 Å². The SMILES string of the molecule is CCN(C(=O)Nc1cnc(-c2ccccc2)cn1)C1CCC2(CC1)Cc1ccccc1C(=O)O2. The van der Waals surface area contributed by atoms with Crippen molar-refractivity contribution in [1.29, 1.82) is 0 Å². The van der Waals surface area contributed by atoms with Gasteiger partial charge in [0.1, 0.15) is 5.60 Å². The molecule has 3 aromatic rings. The summed E-state index contributed by atoms with van der Waals surface area (Å²) in [4.78, 5) is 36.2. The number of nitrogens with one attached hydrogen (secondary N) is 1. The maximum Gasteiger partial charge on any atom is 0.338 e. The van der Waals surface area contributed by atoms with Gasteiger partial charge in [-0.3, -0.25) is 10.3 Å². The van der Waals surface area contributed by atoms with Gasteiger partial charge in [0.05, 0.1) is 23.7 Å². The van der Waals surface area contributed by atoms with Crippen LogP contribution in [0.1, 0.15) is 48.5 Å². The smallest absolute Gasteiger partial charge is 0.338 e. The number of hydrogen-bond acceptors (Lipinski definition) is 5. The maximum absolute atomic E-state index is 13.0. The minimum absolute atomic E-state index is 0.0862. The van der Waals surface area contributed by atoms with Crippen LogP contribution in [0.2, 0.25) is 0 Å². The number of nitrogens with zero attached hydrogens (tertiary/aromatic N) is 3. The first-order chi connectivity index (χ1) is 16.6. The van der Waals surface area contributed by atoms with E-state index in [2.05, 4.69) is 15.3 Å². The van der Waals surface area contributed by atoms with Crippen molar-refractivity contribution in [2.24, 2.45) is 0 Å². The van der Waals surface area contributed by atoms with E-state index < -0.39 is 5.60 Å². The molecule has 2 amide bonds. The highest BCUT2D eigenvalue weighted by Gasteiger charge is 2.44. The number of carbonyl (C=O) groups excluding carboxylic acids is 2. The van der Waals surface area contributed by atoms with E-state index in [0.717, 1.165) is 48.9 Å². The molecule has 2 heterocycles. The van der Waals surface area contributed by atoms with Gasteiger partial charge in [-0.1, -0.05) is 48.5 Å². The number of urea groups is 1. The Morgan fingerprint density at radius 3 is 2.50 bits per heavy atom. The lowest BCUT2D eigenvalue weighted by molar-refractivity contribution is -0.0525. The second-order valence-corrected chi connectivity index (χ2v) is 9.01. The predicted molar refractivity (Wildman–Crippen MR) is 129 cm³/mol. The molecular formula is C27H28N4O3. The van der Waals surface area contributed by atoms with Crippen LogP contribution in [0, 0.1) is 0 Å². The molecule has 174 valence electrons. The number of aromatic nitrogens is 2. The van der Waals surface area contributed by atoms with E-state index in [1.165, 1.54) is 0 Å². The van der Waals surface area contributed by atoms with Gasteiger partial charge in [0, 0.05) is 24.6 Å². The van der Waals surface area contributed by atoms with Gasteiger partial charge in [0.25, 0.3) is 0 Å². The number of rotatable bonds is 4. The van der Waals surface area contributed by atoms with Crippen LogP contribution in [-0.2, 0) is 11.2 Å². The molecule has 1 aliphatic carbocycles. The molecule has 7 heteroatoms. The van der Waals surface area contributed by atoms with Gasteiger partial charge in [0.15, 0.2) is 5.82 Å². The number of ether oxygens (including phenoxy) is 1. The highest BCUT2D eigenvalue weighted by atomic mass is 16.6. The Morgan fingerprint density at radius 2 is 1.79 bits per heavy atom. The largest absolute Gasteiger partial charge is 0.455 e. The van der Waals surface area contributed by atoms with Crippen molar-refractivity contribution < 1.29 is 14.3 Å². The fourth-order valence-electron chi connectivity index (χ4n) is 5.13. The van der Waals surface area contributed by atoms with E-state index in [1.54, 1.807) is 12.4 Å². The van der Waals surface area contributed by atoms with Gasteiger partial charge in [0.2, 0.25) is 0 Å². The van der Waals surface area contributed by atoms with Crippen LogP contribution < -0.4 is 5.32 Å². The maximum atomic E-state index is 13.0. The normalized spacial score (nSPS) is 21.4. The molecule has 0 radical (unpaired) electrons. The molecule has 0 unspecified atom stereocenters. The number of anilines is 1. The number of fused-ring (bicyclic) bond motifs is 1. The third-order valence-electron chi connectivity index (χ3n) is 6.92. The average molecular weight is 457 g/mol. The molecule has 2 aliphatic rings. The van der Waals surface area contributed by atoms with Crippen LogP contribution in [-0.4, -0.2) is 45.1 Å². The highest BCUT2D eigenvalue weighted by molar-refractivity contribution is 5.92. The molecule has 5 rings (SSSR count). The second kappa shape index (κ2) is 9.25. The summed E-state index contributed by atoms with van der Waals surface area (Å²) >= 11 is 0. The zero-order valence-corrected chi connectivity index (χ0v) is 19.2. The lowest BCUT2D eigenvalue weighted by atomic mass is 9.76. The van der Waals surface area contributed by atoms with E-state index in [-0.39, 0.29) is 18.0 Å². The molecule has 1 spiro atoms. The van der Waals surface area contributed by atoms with Gasteiger partial charge in [-0.25, -0.2) is 14.6 Å². The van der Waals surface area contributed by atoms with Crippen LogP contribution >= 0.6 is 0 Å². The highest BCUT2D eigenvalue weighted by Crippen LogP contribution is 2.40. The number of amides is 2. The zero-order valence-electron chi connectivity index (χ0n) is 19.2. The van der Waals surface area contributed by atoms with Crippen LogP contribution in [0.5, 0.6) is 0 Å². The molecule has 0 atom stereocenters. The number of esters is 1. The first-order valence-electron chi connectivity index (χ1n) is 11.8. The van der Waals surface area contributed by atoms with Gasteiger partial charge < -0.3 is 9.64 Å². The lowest BCUT2D eigenvalue weighted by Crippen LogP contribution is -2.51. The van der Waals surface area contributed by atoms with Gasteiger partial charge >= 0.3 is 12.0 Å². The molecular weight excluding hydrogens is 428 g/mol. The first kappa shape index (κ1) is 22.1. The van der Waals surface area contributed by atoms with E-state index >= 15 is 0 Å². The van der Waals surface area contributed by atoms with E-state index in [1.807, 2.05) is 66.4 Å². The third-order valence-corrected chi connectivity index (χ3v) is 6.92. The zero-order chi connectivity index (χ0) is 23.5. The summed E-state index contributed by atoms with van der Waals surface area (Å²) < 4.78 is 5.93. The molecule has 1 saturated carbocycles. The first-order valence-corrected chi connectivity index (χ1v) is 11.8. The van der Waals surface area contributed by atoms with Crippen molar-refractivity contribution in [3.8, 4) is 11.3 Å². The molecule has 0 saturated heterocycles. The Bertz CT molecular complexity index is 1170. The minimum Gasteiger partial charge on any atom is -0.455 e. The Morgan fingerprint density at radius 1 is 1.06 bits per heavy atom. The molecule has 1 aromatic heterocycles. The summed E-state index contributed by atoms with van der Waals surface area (Å²) in [6, 6.07) is 17.4. The summed E-state index contributed by atoms with van der Waals surface area (Å²) in [7, 11) is 0. The Hall–Kier alpha value is -3.74. The van der Waals surface area contributed by atoms with Gasteiger partial charge in [-0.05, 0) is 44.2 Å². The molecule has 1 fully saturated rings. The van der Waals surface area contributed by atoms with Crippen molar-refractivity contribution in [2.45, 2.75) is 50.7 Å². The fraction of sp³-hybridized carbons (Fsp3) is 0.333. The molecule has 0 bridgehead atoms. The van der Waals surface area contributed by atoms with Crippen molar-refractivity contribution in [1.82, 2.24) is 14.9 Å². The molecule has 7 nitrogen and oxygen atoms in total. The van der Waals surface area contributed by atoms with Crippen LogP contribution in [0.15, 0.2) is 67.0 Å². The lowest BCUT2D eigenvalue weighted by Gasteiger charge is -2.44. The van der Waals surface area contributed by atoms with Gasteiger partial charge in [-0.2, -0.15) is 0 Å². The third kappa shape index (κ3) is 4.38. The Balaban J connectivity index is 1.21. The molecule has 34 heavy (non-hydrogen) atoms. The predicted octanol–water partition coefficient (Wildman–Crippen LogP) is 5.09. The number of hydrogen-bond donors (Lipinski definition) is 1. The summed E-state index contributed by atoms with van der Waals surface area (Å²) in [5, 5.41) is 2.89. The monoisotopic (exact) mass is 456 g/mol.